The Balaban J connectivity index is 2.13. The number of halogens is 1. The summed E-state index contributed by atoms with van der Waals surface area (Å²) in [6.07, 6.45) is 0.581. The summed E-state index contributed by atoms with van der Waals surface area (Å²) in [7, 11) is 0. The van der Waals surface area contributed by atoms with E-state index in [9.17, 15) is 9.59 Å². The van der Waals surface area contributed by atoms with Crippen molar-refractivity contribution in [3.63, 3.8) is 0 Å². The second-order valence-corrected chi connectivity index (χ2v) is 7.48. The molecule has 2 aromatic rings. The summed E-state index contributed by atoms with van der Waals surface area (Å²) >= 11 is 5.93. The summed E-state index contributed by atoms with van der Waals surface area (Å²) in [5.74, 6) is -1.02. The van der Waals surface area contributed by atoms with E-state index in [2.05, 4.69) is 10.4 Å². The number of benzene rings is 1. The van der Waals surface area contributed by atoms with Gasteiger partial charge in [-0.1, -0.05) is 11.6 Å². The van der Waals surface area contributed by atoms with Gasteiger partial charge in [-0.2, -0.15) is 5.10 Å². The van der Waals surface area contributed by atoms with Crippen molar-refractivity contribution in [1.82, 2.24) is 15.1 Å². The molecule has 140 valence electrons. The van der Waals surface area contributed by atoms with Gasteiger partial charge in [-0.05, 0) is 58.4 Å². The van der Waals surface area contributed by atoms with E-state index >= 15 is 0 Å². The number of hydrogen-bond acceptors (Lipinski definition) is 3. The van der Waals surface area contributed by atoms with Crippen LogP contribution in [-0.2, 0) is 16.0 Å². The number of carbonyl (C=O) groups excluding carboxylic acids is 1. The molecule has 2 N–H and O–H groups in total. The van der Waals surface area contributed by atoms with Gasteiger partial charge in [0.2, 0.25) is 5.91 Å². The lowest BCUT2D eigenvalue weighted by atomic mass is 9.97. The number of amides is 1. The monoisotopic (exact) mass is 377 g/mol. The average Bonchev–Trinajstić information content (AvgIpc) is 2.81. The van der Waals surface area contributed by atoms with Crippen molar-refractivity contribution in [2.24, 2.45) is 0 Å². The van der Waals surface area contributed by atoms with Crippen molar-refractivity contribution in [2.45, 2.75) is 52.5 Å². The predicted molar refractivity (Wildman–Crippen MR) is 101 cm³/mol. The number of nitrogens with zero attached hydrogens (tertiary/aromatic N) is 2. The fourth-order valence-corrected chi connectivity index (χ4v) is 2.95. The molecule has 1 heterocycles. The van der Waals surface area contributed by atoms with E-state index in [1.807, 2.05) is 39.8 Å². The summed E-state index contributed by atoms with van der Waals surface area (Å²) in [5.41, 5.74) is 2.85. The van der Waals surface area contributed by atoms with Crippen LogP contribution >= 0.6 is 11.6 Å². The maximum absolute atomic E-state index is 12.5. The molecule has 0 spiro atoms. The molecule has 0 atom stereocenters. The third kappa shape index (κ3) is 5.08. The molecular weight excluding hydrogens is 354 g/mol. The Morgan fingerprint density at radius 2 is 1.85 bits per heavy atom. The molecule has 0 aliphatic carbocycles. The van der Waals surface area contributed by atoms with Gasteiger partial charge in [0.1, 0.15) is 0 Å². The van der Waals surface area contributed by atoms with Crippen molar-refractivity contribution in [3.05, 3.63) is 46.2 Å². The molecule has 0 saturated heterocycles. The Morgan fingerprint density at radius 3 is 2.42 bits per heavy atom. The van der Waals surface area contributed by atoms with Gasteiger partial charge in [-0.15, -0.1) is 0 Å². The summed E-state index contributed by atoms with van der Waals surface area (Å²) in [6.45, 7) is 7.44. The predicted octanol–water partition coefficient (Wildman–Crippen LogP) is 3.44. The number of aryl methyl sites for hydroxylation is 1. The van der Waals surface area contributed by atoms with Crippen molar-refractivity contribution >= 4 is 23.5 Å². The summed E-state index contributed by atoms with van der Waals surface area (Å²) < 4.78 is 1.80. The molecule has 0 aliphatic heterocycles. The molecule has 1 aromatic carbocycles. The Morgan fingerprint density at radius 1 is 1.23 bits per heavy atom. The molecule has 1 amide bonds. The van der Waals surface area contributed by atoms with Crippen LogP contribution in [0.5, 0.6) is 0 Å². The second kappa shape index (κ2) is 7.91. The van der Waals surface area contributed by atoms with Crippen LogP contribution in [0.15, 0.2) is 24.3 Å². The van der Waals surface area contributed by atoms with Gasteiger partial charge >= 0.3 is 5.97 Å². The lowest BCUT2D eigenvalue weighted by Crippen LogP contribution is -2.44. The van der Waals surface area contributed by atoms with Crippen LogP contribution in [0.3, 0.4) is 0 Å². The Kier molecular flexibility index (Phi) is 6.08. The van der Waals surface area contributed by atoms with Crippen LogP contribution < -0.4 is 5.32 Å². The zero-order chi connectivity index (χ0) is 19.5. The summed E-state index contributed by atoms with van der Waals surface area (Å²) in [5, 5.41) is 16.9. The SMILES string of the molecule is Cc1nn(-c2ccc(Cl)cc2)c(C)c1CC(=O)NC(C)(C)CCC(=O)O. The molecule has 0 radical (unpaired) electrons. The van der Waals surface area contributed by atoms with Crippen molar-refractivity contribution in [2.75, 3.05) is 0 Å². The molecule has 7 heteroatoms. The zero-order valence-electron chi connectivity index (χ0n) is 15.5. The third-order valence-electron chi connectivity index (χ3n) is 4.29. The van der Waals surface area contributed by atoms with E-state index in [4.69, 9.17) is 16.7 Å². The number of hydrogen-bond donors (Lipinski definition) is 2. The number of carbonyl (C=O) groups is 2. The molecule has 0 fully saturated rings. The first-order valence-corrected chi connectivity index (χ1v) is 8.81. The van der Waals surface area contributed by atoms with E-state index in [1.54, 1.807) is 16.8 Å². The zero-order valence-corrected chi connectivity index (χ0v) is 16.2. The molecule has 0 saturated carbocycles. The second-order valence-electron chi connectivity index (χ2n) is 7.04. The number of aromatic nitrogens is 2. The summed E-state index contributed by atoms with van der Waals surface area (Å²) in [6, 6.07) is 7.34. The smallest absolute Gasteiger partial charge is 0.303 e. The fraction of sp³-hybridized carbons (Fsp3) is 0.421. The van der Waals surface area contributed by atoms with E-state index in [0.717, 1.165) is 22.6 Å². The van der Waals surface area contributed by atoms with Gasteiger partial charge < -0.3 is 10.4 Å². The minimum atomic E-state index is -0.872. The first-order valence-electron chi connectivity index (χ1n) is 8.43. The van der Waals surface area contributed by atoms with Crippen LogP contribution in [0.1, 0.15) is 43.6 Å². The maximum atomic E-state index is 12.5. The highest BCUT2D eigenvalue weighted by atomic mass is 35.5. The van der Waals surface area contributed by atoms with Gasteiger partial charge in [0.15, 0.2) is 0 Å². The minimum Gasteiger partial charge on any atom is -0.481 e. The van der Waals surface area contributed by atoms with Crippen molar-refractivity contribution < 1.29 is 14.7 Å². The molecular formula is C19H24ClN3O3. The lowest BCUT2D eigenvalue weighted by Gasteiger charge is -2.25. The van der Waals surface area contributed by atoms with Crippen LogP contribution in [0.4, 0.5) is 0 Å². The quantitative estimate of drug-likeness (QED) is 0.774. The Bertz CT molecular complexity index is 810. The average molecular weight is 378 g/mol. The van der Waals surface area contributed by atoms with E-state index < -0.39 is 11.5 Å². The number of carboxylic acid groups (broad SMARTS) is 1. The van der Waals surface area contributed by atoms with Gasteiger partial charge in [-0.25, -0.2) is 4.68 Å². The van der Waals surface area contributed by atoms with Gasteiger partial charge in [-0.3, -0.25) is 9.59 Å². The first kappa shape index (κ1) is 20.0. The molecule has 1 aromatic heterocycles. The highest BCUT2D eigenvalue weighted by Crippen LogP contribution is 2.20. The van der Waals surface area contributed by atoms with Crippen LogP contribution in [-0.4, -0.2) is 32.3 Å². The summed E-state index contributed by atoms with van der Waals surface area (Å²) in [4.78, 5) is 23.2. The molecule has 0 unspecified atom stereocenters. The third-order valence-corrected chi connectivity index (χ3v) is 4.54. The van der Waals surface area contributed by atoms with Gasteiger partial charge in [0, 0.05) is 28.2 Å². The normalized spacial score (nSPS) is 11.4. The number of nitrogens with one attached hydrogen (secondary N) is 1. The highest BCUT2D eigenvalue weighted by molar-refractivity contribution is 6.30. The lowest BCUT2D eigenvalue weighted by molar-refractivity contribution is -0.137. The van der Waals surface area contributed by atoms with Gasteiger partial charge in [0.25, 0.3) is 0 Å². The van der Waals surface area contributed by atoms with E-state index in [1.165, 1.54) is 0 Å². The highest BCUT2D eigenvalue weighted by Gasteiger charge is 2.23. The van der Waals surface area contributed by atoms with E-state index in [0.29, 0.717) is 11.4 Å². The molecule has 2 rings (SSSR count). The Labute approximate surface area is 158 Å². The van der Waals surface area contributed by atoms with Gasteiger partial charge in [0.05, 0.1) is 17.8 Å². The molecule has 0 aliphatic rings. The maximum Gasteiger partial charge on any atom is 0.303 e. The Hall–Kier alpha value is -2.34. The largest absolute Gasteiger partial charge is 0.481 e. The standard InChI is InChI=1S/C19H24ClN3O3/c1-12-16(11-17(24)21-19(3,4)10-9-18(25)26)13(2)23(22-12)15-7-5-14(20)6-8-15/h5-8H,9-11H2,1-4H3,(H,21,24)(H,25,26). The molecule has 0 bridgehead atoms. The van der Waals surface area contributed by atoms with Crippen molar-refractivity contribution in [3.8, 4) is 5.69 Å². The fourth-order valence-electron chi connectivity index (χ4n) is 2.83. The van der Waals surface area contributed by atoms with E-state index in [-0.39, 0.29) is 18.7 Å². The number of carboxylic acids is 1. The van der Waals surface area contributed by atoms with Crippen LogP contribution in [0, 0.1) is 13.8 Å². The van der Waals surface area contributed by atoms with Crippen LogP contribution in [0.25, 0.3) is 5.69 Å². The topological polar surface area (TPSA) is 84.2 Å². The number of aliphatic carboxylic acids is 1. The molecule has 6 nitrogen and oxygen atoms in total. The van der Waals surface area contributed by atoms with Crippen LogP contribution in [0.2, 0.25) is 5.02 Å². The minimum absolute atomic E-state index is 0.0137. The molecule has 26 heavy (non-hydrogen) atoms. The van der Waals surface area contributed by atoms with Crippen molar-refractivity contribution in [1.29, 1.82) is 0 Å². The first-order chi connectivity index (χ1) is 12.1. The number of rotatable bonds is 7.